The van der Waals surface area contributed by atoms with Crippen molar-refractivity contribution in [1.29, 1.82) is 0 Å². The van der Waals surface area contributed by atoms with Gasteiger partial charge in [0, 0.05) is 31.3 Å². The molecule has 1 saturated heterocycles. The van der Waals surface area contributed by atoms with E-state index in [4.69, 9.17) is 5.73 Å². The third-order valence-corrected chi connectivity index (χ3v) is 3.45. The van der Waals surface area contributed by atoms with Gasteiger partial charge in [-0.15, -0.1) is 0 Å². The van der Waals surface area contributed by atoms with E-state index in [0.29, 0.717) is 13.1 Å². The fourth-order valence-corrected chi connectivity index (χ4v) is 2.40. The summed E-state index contributed by atoms with van der Waals surface area (Å²) in [6.07, 6.45) is 2.83. The normalized spacial score (nSPS) is 18.2. The van der Waals surface area contributed by atoms with Gasteiger partial charge in [0.05, 0.1) is 11.1 Å². The van der Waals surface area contributed by atoms with Crippen LogP contribution in [0.3, 0.4) is 0 Å². The molecule has 108 valence electrons. The van der Waals surface area contributed by atoms with Gasteiger partial charge in [-0.2, -0.15) is 0 Å². The van der Waals surface area contributed by atoms with Crippen molar-refractivity contribution in [2.75, 3.05) is 13.1 Å². The average molecular weight is 280 g/mol. The highest BCUT2D eigenvalue weighted by Gasteiger charge is 2.27. The van der Waals surface area contributed by atoms with Crippen molar-refractivity contribution >= 4 is 11.6 Å². The Hall–Kier alpha value is -2.22. The highest BCUT2D eigenvalue weighted by molar-refractivity contribution is 5.76. The van der Waals surface area contributed by atoms with E-state index in [1.54, 1.807) is 4.90 Å². The van der Waals surface area contributed by atoms with E-state index in [1.165, 1.54) is 0 Å². The Bertz CT molecular complexity index is 583. The van der Waals surface area contributed by atoms with Gasteiger partial charge < -0.3 is 10.6 Å². The zero-order valence-electron chi connectivity index (χ0n) is 10.9. The Morgan fingerprint density at radius 3 is 2.90 bits per heavy atom. The van der Waals surface area contributed by atoms with Crippen LogP contribution in [-0.4, -0.2) is 39.4 Å². The summed E-state index contributed by atoms with van der Waals surface area (Å²) >= 11 is 0. The molecular formula is C12H16N4O4. The number of rotatable bonds is 4. The second-order valence-corrected chi connectivity index (χ2v) is 4.73. The standard InChI is InChI=1S/C12H16N4O4/c13-6-9-2-1-5-15(9)12(18)8-14-7-10(16(19)20)3-4-11(14)17/h3-4,7,9H,1-2,5-6,8,13H2. The molecule has 1 aromatic rings. The first-order valence-electron chi connectivity index (χ1n) is 6.37. The van der Waals surface area contributed by atoms with Gasteiger partial charge in [0.15, 0.2) is 0 Å². The SMILES string of the molecule is NCC1CCCN1C(=O)Cn1cc([N+](=O)[O-])ccc1=O. The van der Waals surface area contributed by atoms with Gasteiger partial charge in [-0.25, -0.2) is 0 Å². The fraction of sp³-hybridized carbons (Fsp3) is 0.500. The van der Waals surface area contributed by atoms with Gasteiger partial charge in [0.2, 0.25) is 5.91 Å². The number of aromatic nitrogens is 1. The molecule has 1 fully saturated rings. The molecule has 20 heavy (non-hydrogen) atoms. The third kappa shape index (κ3) is 2.85. The van der Waals surface area contributed by atoms with E-state index in [1.807, 2.05) is 0 Å². The molecule has 1 atom stereocenters. The van der Waals surface area contributed by atoms with E-state index < -0.39 is 10.5 Å². The van der Waals surface area contributed by atoms with E-state index >= 15 is 0 Å². The summed E-state index contributed by atoms with van der Waals surface area (Å²) in [5.41, 5.74) is 4.95. The number of hydrogen-bond donors (Lipinski definition) is 1. The lowest BCUT2D eigenvalue weighted by atomic mass is 10.2. The molecule has 8 nitrogen and oxygen atoms in total. The second-order valence-electron chi connectivity index (χ2n) is 4.73. The fourth-order valence-electron chi connectivity index (χ4n) is 2.40. The van der Waals surface area contributed by atoms with Gasteiger partial charge >= 0.3 is 0 Å². The lowest BCUT2D eigenvalue weighted by molar-refractivity contribution is -0.385. The number of amides is 1. The Balaban J connectivity index is 2.17. The molecule has 0 radical (unpaired) electrons. The summed E-state index contributed by atoms with van der Waals surface area (Å²) in [7, 11) is 0. The van der Waals surface area contributed by atoms with Crippen LogP contribution in [0.2, 0.25) is 0 Å². The zero-order chi connectivity index (χ0) is 14.7. The van der Waals surface area contributed by atoms with Crippen LogP contribution in [0.15, 0.2) is 23.1 Å². The number of likely N-dealkylation sites (tertiary alicyclic amines) is 1. The number of nitro groups is 1. The van der Waals surface area contributed by atoms with E-state index in [-0.39, 0.29) is 24.2 Å². The molecule has 1 aliphatic heterocycles. The Kier molecular flexibility index (Phi) is 4.14. The highest BCUT2D eigenvalue weighted by Crippen LogP contribution is 2.16. The Morgan fingerprint density at radius 2 is 2.25 bits per heavy atom. The Morgan fingerprint density at radius 1 is 1.50 bits per heavy atom. The maximum Gasteiger partial charge on any atom is 0.285 e. The predicted molar refractivity (Wildman–Crippen MR) is 71.1 cm³/mol. The van der Waals surface area contributed by atoms with Crippen molar-refractivity contribution in [3.63, 3.8) is 0 Å². The predicted octanol–water partition coefficient (Wildman–Crippen LogP) is -0.294. The minimum atomic E-state index is -0.598. The molecule has 0 spiro atoms. The first-order chi connectivity index (χ1) is 9.52. The molecule has 1 aliphatic rings. The summed E-state index contributed by atoms with van der Waals surface area (Å²) in [6.45, 7) is 0.803. The quantitative estimate of drug-likeness (QED) is 0.601. The number of nitrogens with zero attached hydrogens (tertiary/aromatic N) is 3. The first-order valence-corrected chi connectivity index (χ1v) is 6.37. The van der Waals surface area contributed by atoms with Crippen LogP contribution in [0.25, 0.3) is 0 Å². The second kappa shape index (κ2) is 5.83. The van der Waals surface area contributed by atoms with Crippen LogP contribution in [0, 0.1) is 10.1 Å². The number of hydrogen-bond acceptors (Lipinski definition) is 5. The molecule has 0 aliphatic carbocycles. The highest BCUT2D eigenvalue weighted by atomic mass is 16.6. The minimum Gasteiger partial charge on any atom is -0.337 e. The van der Waals surface area contributed by atoms with Gasteiger partial charge in [-0.05, 0) is 12.8 Å². The zero-order valence-corrected chi connectivity index (χ0v) is 10.9. The van der Waals surface area contributed by atoms with Crippen LogP contribution in [-0.2, 0) is 11.3 Å². The smallest absolute Gasteiger partial charge is 0.285 e. The maximum absolute atomic E-state index is 12.2. The maximum atomic E-state index is 12.2. The molecule has 0 aromatic carbocycles. The number of carbonyl (C=O) groups is 1. The lowest BCUT2D eigenvalue weighted by Crippen LogP contribution is -2.42. The molecule has 2 rings (SSSR count). The largest absolute Gasteiger partial charge is 0.337 e. The summed E-state index contributed by atoms with van der Waals surface area (Å²) in [4.78, 5) is 35.5. The number of pyridine rings is 1. The van der Waals surface area contributed by atoms with Crippen molar-refractivity contribution in [2.45, 2.75) is 25.4 Å². The van der Waals surface area contributed by atoms with E-state index in [2.05, 4.69) is 0 Å². The molecule has 1 amide bonds. The number of carbonyl (C=O) groups excluding carboxylic acids is 1. The van der Waals surface area contributed by atoms with Gasteiger partial charge in [0.1, 0.15) is 6.54 Å². The van der Waals surface area contributed by atoms with Crippen LogP contribution < -0.4 is 11.3 Å². The summed E-state index contributed by atoms with van der Waals surface area (Å²) in [5.74, 6) is -0.236. The number of nitrogens with two attached hydrogens (primary N) is 1. The topological polar surface area (TPSA) is 111 Å². The monoisotopic (exact) mass is 280 g/mol. The molecule has 0 saturated carbocycles. The molecule has 2 N–H and O–H groups in total. The van der Waals surface area contributed by atoms with Gasteiger partial charge in [0.25, 0.3) is 11.2 Å². The molecule has 1 aromatic heterocycles. The van der Waals surface area contributed by atoms with Gasteiger partial charge in [-0.3, -0.25) is 24.3 Å². The van der Waals surface area contributed by atoms with Crippen molar-refractivity contribution in [1.82, 2.24) is 9.47 Å². The van der Waals surface area contributed by atoms with Crippen molar-refractivity contribution in [3.8, 4) is 0 Å². The summed E-state index contributed by atoms with van der Waals surface area (Å²) in [6, 6.07) is 2.22. The van der Waals surface area contributed by atoms with Crippen molar-refractivity contribution in [3.05, 3.63) is 38.8 Å². The summed E-state index contributed by atoms with van der Waals surface area (Å²) < 4.78 is 1.06. The average Bonchev–Trinajstić information content (AvgIpc) is 2.89. The van der Waals surface area contributed by atoms with Crippen LogP contribution in [0.4, 0.5) is 5.69 Å². The molecule has 0 bridgehead atoms. The van der Waals surface area contributed by atoms with Crippen LogP contribution >= 0.6 is 0 Å². The molecule has 8 heteroatoms. The molecule has 2 heterocycles. The van der Waals surface area contributed by atoms with Gasteiger partial charge in [-0.1, -0.05) is 0 Å². The van der Waals surface area contributed by atoms with Crippen LogP contribution in [0.5, 0.6) is 0 Å². The third-order valence-electron chi connectivity index (χ3n) is 3.45. The first kappa shape index (κ1) is 14.2. The minimum absolute atomic E-state index is 0.00287. The van der Waals surface area contributed by atoms with Crippen molar-refractivity contribution in [2.24, 2.45) is 5.73 Å². The summed E-state index contributed by atoms with van der Waals surface area (Å²) in [5, 5.41) is 10.7. The Labute approximate surface area is 114 Å². The lowest BCUT2D eigenvalue weighted by Gasteiger charge is -2.23. The van der Waals surface area contributed by atoms with Crippen molar-refractivity contribution < 1.29 is 9.72 Å². The molecular weight excluding hydrogens is 264 g/mol. The van der Waals surface area contributed by atoms with E-state index in [0.717, 1.165) is 35.7 Å². The van der Waals surface area contributed by atoms with Crippen LogP contribution in [0.1, 0.15) is 12.8 Å². The molecule has 1 unspecified atom stereocenters. The van der Waals surface area contributed by atoms with E-state index in [9.17, 15) is 19.7 Å².